The molecule has 0 radical (unpaired) electrons. The number of hydrogen-bond acceptors (Lipinski definition) is 4. The Morgan fingerprint density at radius 2 is 1.23 bits per heavy atom. The molecule has 5 N–H and O–H groups in total. The van der Waals surface area contributed by atoms with Crippen LogP contribution in [0.25, 0.3) is 0 Å². The van der Waals surface area contributed by atoms with Crippen molar-refractivity contribution in [1.29, 1.82) is 0 Å². The van der Waals surface area contributed by atoms with Crippen LogP contribution in [0.5, 0.6) is 0 Å². The molecule has 0 aliphatic carbocycles. The molecule has 0 heterocycles. The van der Waals surface area contributed by atoms with E-state index in [4.69, 9.17) is 10.8 Å². The Balaban J connectivity index is 3.28. The van der Waals surface area contributed by atoms with Crippen molar-refractivity contribution in [3.8, 4) is 0 Å². The lowest BCUT2D eigenvalue weighted by atomic mass is 10.00. The fraction of sp³-hybridized carbons (Fsp3) is 1.00. The van der Waals surface area contributed by atoms with E-state index in [0.29, 0.717) is 6.42 Å². The summed E-state index contributed by atoms with van der Waals surface area (Å²) in [6.45, 7) is 2.00. The maximum atomic E-state index is 9.81. The molecule has 4 nitrogen and oxygen atoms in total. The van der Waals surface area contributed by atoms with E-state index in [-0.39, 0.29) is 13.0 Å². The van der Waals surface area contributed by atoms with Crippen molar-refractivity contribution in [1.82, 2.24) is 0 Å². The molecule has 0 aliphatic heterocycles. The monoisotopic (exact) mass is 317 g/mol. The largest absolute Gasteiger partial charge is 0.395 e. The molecule has 0 saturated carbocycles. The van der Waals surface area contributed by atoms with Crippen LogP contribution in [0.4, 0.5) is 0 Å². The molecule has 0 fully saturated rings. The SMILES string of the molecule is CCCCCCCCCCCCCC(O)C[C@@H](O)[C@@H](N)CO. The number of hydrogen-bond donors (Lipinski definition) is 4. The van der Waals surface area contributed by atoms with Gasteiger partial charge in [-0.25, -0.2) is 0 Å². The zero-order valence-corrected chi connectivity index (χ0v) is 14.6. The quantitative estimate of drug-likeness (QED) is 0.329. The van der Waals surface area contributed by atoms with Gasteiger partial charge in [0.15, 0.2) is 0 Å². The van der Waals surface area contributed by atoms with Crippen LogP contribution in [-0.2, 0) is 0 Å². The summed E-state index contributed by atoms with van der Waals surface area (Å²) in [6.07, 6.45) is 13.9. The van der Waals surface area contributed by atoms with Crippen molar-refractivity contribution >= 4 is 0 Å². The molecule has 22 heavy (non-hydrogen) atoms. The average molecular weight is 318 g/mol. The van der Waals surface area contributed by atoms with Gasteiger partial charge in [-0.05, 0) is 6.42 Å². The number of aliphatic hydroxyl groups excluding tert-OH is 3. The van der Waals surface area contributed by atoms with Gasteiger partial charge in [0, 0.05) is 6.42 Å². The number of rotatable bonds is 16. The van der Waals surface area contributed by atoms with E-state index in [2.05, 4.69) is 6.92 Å². The summed E-state index contributed by atoms with van der Waals surface area (Å²) in [5, 5.41) is 28.3. The van der Waals surface area contributed by atoms with Crippen LogP contribution in [0.2, 0.25) is 0 Å². The minimum Gasteiger partial charge on any atom is -0.395 e. The van der Waals surface area contributed by atoms with E-state index in [1.807, 2.05) is 0 Å². The number of nitrogens with two attached hydrogens (primary N) is 1. The van der Waals surface area contributed by atoms with Crippen LogP contribution < -0.4 is 5.73 Å². The highest BCUT2D eigenvalue weighted by Gasteiger charge is 2.17. The van der Waals surface area contributed by atoms with Crippen LogP contribution in [-0.4, -0.2) is 40.2 Å². The highest BCUT2D eigenvalue weighted by atomic mass is 16.3. The van der Waals surface area contributed by atoms with E-state index in [1.54, 1.807) is 0 Å². The van der Waals surface area contributed by atoms with Crippen molar-refractivity contribution in [2.45, 2.75) is 109 Å². The number of aliphatic hydroxyl groups is 3. The zero-order chi connectivity index (χ0) is 16.6. The first-order valence-electron chi connectivity index (χ1n) is 9.34. The predicted molar refractivity (Wildman–Crippen MR) is 92.8 cm³/mol. The molecule has 0 aromatic rings. The molecular formula is C18H39NO3. The van der Waals surface area contributed by atoms with Crippen molar-refractivity contribution in [3.05, 3.63) is 0 Å². The van der Waals surface area contributed by atoms with E-state index in [9.17, 15) is 10.2 Å². The van der Waals surface area contributed by atoms with Crippen molar-refractivity contribution in [2.75, 3.05) is 6.61 Å². The summed E-state index contributed by atoms with van der Waals surface area (Å²) in [5.41, 5.74) is 5.51. The molecule has 0 aromatic carbocycles. The fourth-order valence-electron chi connectivity index (χ4n) is 2.74. The third-order valence-electron chi connectivity index (χ3n) is 4.36. The van der Waals surface area contributed by atoms with Gasteiger partial charge in [-0.1, -0.05) is 77.6 Å². The minimum atomic E-state index is -0.812. The Kier molecular flexibility index (Phi) is 15.6. The van der Waals surface area contributed by atoms with Gasteiger partial charge in [-0.2, -0.15) is 0 Å². The first kappa shape index (κ1) is 21.8. The van der Waals surface area contributed by atoms with Crippen LogP contribution in [0.1, 0.15) is 90.4 Å². The molecule has 3 atom stereocenters. The first-order chi connectivity index (χ1) is 10.6. The number of unbranched alkanes of at least 4 members (excludes halogenated alkanes) is 10. The predicted octanol–water partition coefficient (Wildman–Crippen LogP) is 3.12. The van der Waals surface area contributed by atoms with Gasteiger partial charge < -0.3 is 21.1 Å². The fourth-order valence-corrected chi connectivity index (χ4v) is 2.74. The Labute approximate surface area is 137 Å². The Bertz CT molecular complexity index is 226. The third kappa shape index (κ3) is 13.5. The molecule has 134 valence electrons. The van der Waals surface area contributed by atoms with Gasteiger partial charge in [0.25, 0.3) is 0 Å². The molecular weight excluding hydrogens is 278 g/mol. The molecule has 0 aliphatic rings. The normalized spacial score (nSPS) is 15.7. The van der Waals surface area contributed by atoms with Crippen LogP contribution in [0, 0.1) is 0 Å². The van der Waals surface area contributed by atoms with Gasteiger partial charge in [0.05, 0.1) is 24.9 Å². The highest BCUT2D eigenvalue weighted by Crippen LogP contribution is 2.14. The molecule has 1 unspecified atom stereocenters. The minimum absolute atomic E-state index is 0.244. The van der Waals surface area contributed by atoms with Gasteiger partial charge in [-0.3, -0.25) is 0 Å². The summed E-state index contributed by atoms with van der Waals surface area (Å²) >= 11 is 0. The molecule has 0 aromatic heterocycles. The lowest BCUT2D eigenvalue weighted by molar-refractivity contribution is 0.0461. The Morgan fingerprint density at radius 1 is 0.773 bits per heavy atom. The Morgan fingerprint density at radius 3 is 1.68 bits per heavy atom. The van der Waals surface area contributed by atoms with Crippen molar-refractivity contribution in [2.24, 2.45) is 5.73 Å². The Hall–Kier alpha value is -0.160. The second-order valence-corrected chi connectivity index (χ2v) is 6.63. The molecule has 0 amide bonds. The van der Waals surface area contributed by atoms with Crippen LogP contribution in [0.3, 0.4) is 0 Å². The smallest absolute Gasteiger partial charge is 0.0738 e. The summed E-state index contributed by atoms with van der Waals surface area (Å²) in [6, 6.07) is -0.646. The summed E-state index contributed by atoms with van der Waals surface area (Å²) in [5.74, 6) is 0. The van der Waals surface area contributed by atoms with Crippen molar-refractivity contribution in [3.63, 3.8) is 0 Å². The summed E-state index contributed by atoms with van der Waals surface area (Å²) < 4.78 is 0. The second kappa shape index (κ2) is 15.7. The van der Waals surface area contributed by atoms with Gasteiger partial charge in [0.2, 0.25) is 0 Å². The van der Waals surface area contributed by atoms with Crippen molar-refractivity contribution < 1.29 is 15.3 Å². The highest BCUT2D eigenvalue weighted by molar-refractivity contribution is 4.74. The van der Waals surface area contributed by atoms with Crippen LogP contribution >= 0.6 is 0 Å². The van der Waals surface area contributed by atoms with Gasteiger partial charge >= 0.3 is 0 Å². The third-order valence-corrected chi connectivity index (χ3v) is 4.36. The van der Waals surface area contributed by atoms with E-state index >= 15 is 0 Å². The topological polar surface area (TPSA) is 86.7 Å². The van der Waals surface area contributed by atoms with E-state index in [1.165, 1.54) is 57.8 Å². The van der Waals surface area contributed by atoms with Crippen LogP contribution in [0.15, 0.2) is 0 Å². The standard InChI is InChI=1S/C18H39NO3/c1-2-3-4-5-6-7-8-9-10-11-12-13-16(21)14-18(22)17(19)15-20/h16-18,20-22H,2-15,19H2,1H3/t16?,17-,18+/m0/s1. The lowest BCUT2D eigenvalue weighted by Gasteiger charge is -2.19. The maximum absolute atomic E-state index is 9.81. The summed E-state index contributed by atoms with van der Waals surface area (Å²) in [7, 11) is 0. The lowest BCUT2D eigenvalue weighted by Crippen LogP contribution is -2.39. The second-order valence-electron chi connectivity index (χ2n) is 6.63. The molecule has 0 rings (SSSR count). The molecule has 0 spiro atoms. The summed E-state index contributed by atoms with van der Waals surface area (Å²) in [4.78, 5) is 0. The zero-order valence-electron chi connectivity index (χ0n) is 14.6. The van der Waals surface area contributed by atoms with E-state index in [0.717, 1.165) is 12.8 Å². The maximum Gasteiger partial charge on any atom is 0.0738 e. The molecule has 0 saturated heterocycles. The first-order valence-corrected chi connectivity index (χ1v) is 9.34. The van der Waals surface area contributed by atoms with Gasteiger partial charge in [0.1, 0.15) is 0 Å². The average Bonchev–Trinajstić information content (AvgIpc) is 2.51. The van der Waals surface area contributed by atoms with Gasteiger partial charge in [-0.15, -0.1) is 0 Å². The molecule has 0 bridgehead atoms. The van der Waals surface area contributed by atoms with E-state index < -0.39 is 18.2 Å². The molecule has 4 heteroatoms.